The van der Waals surface area contributed by atoms with Gasteiger partial charge in [-0.15, -0.1) is 0 Å². The van der Waals surface area contributed by atoms with Gasteiger partial charge in [0.05, 0.1) is 0 Å². The Labute approximate surface area is 158 Å². The second-order valence-corrected chi connectivity index (χ2v) is 6.32. The van der Waals surface area contributed by atoms with Crippen molar-refractivity contribution in [2.24, 2.45) is 0 Å². The minimum absolute atomic E-state index is 0.0744. The van der Waals surface area contributed by atoms with Gasteiger partial charge in [0, 0.05) is 37.7 Å². The van der Waals surface area contributed by atoms with Gasteiger partial charge in [0.1, 0.15) is 5.82 Å². The highest BCUT2D eigenvalue weighted by molar-refractivity contribution is 5.97. The third-order valence-corrected chi connectivity index (χ3v) is 4.19. The van der Waals surface area contributed by atoms with Crippen LogP contribution in [0.15, 0.2) is 48.5 Å². The fourth-order valence-corrected chi connectivity index (χ4v) is 2.62. The Bertz CT molecular complexity index is 818. The van der Waals surface area contributed by atoms with Crippen LogP contribution in [0.5, 0.6) is 0 Å². The van der Waals surface area contributed by atoms with Crippen LogP contribution < -0.4 is 5.32 Å². The number of Topliss-reactive ketones (excluding diaryl/α,β-unsaturated/α-hetero) is 1. The summed E-state index contributed by atoms with van der Waals surface area (Å²) < 4.78 is 12.9. The highest BCUT2D eigenvalue weighted by Crippen LogP contribution is 2.12. The lowest BCUT2D eigenvalue weighted by atomic mass is 10.1. The molecule has 0 saturated carbocycles. The molecule has 0 spiro atoms. The van der Waals surface area contributed by atoms with Gasteiger partial charge in [-0.25, -0.2) is 4.39 Å². The van der Waals surface area contributed by atoms with E-state index in [1.807, 2.05) is 0 Å². The SMILES string of the molecule is CC(=O)c1cccc(NC(=O)CCN(CCc2ccc(F)cc2)C(C)=O)c1. The molecule has 5 nitrogen and oxygen atoms in total. The van der Waals surface area contributed by atoms with E-state index in [1.165, 1.54) is 26.0 Å². The molecule has 0 fully saturated rings. The van der Waals surface area contributed by atoms with Crippen LogP contribution in [0.25, 0.3) is 0 Å². The van der Waals surface area contributed by atoms with Gasteiger partial charge in [0.2, 0.25) is 11.8 Å². The fraction of sp³-hybridized carbons (Fsp3) is 0.286. The van der Waals surface area contributed by atoms with Crippen LogP contribution in [0, 0.1) is 5.82 Å². The lowest BCUT2D eigenvalue weighted by Gasteiger charge is -2.21. The first-order chi connectivity index (χ1) is 12.8. The van der Waals surface area contributed by atoms with Crippen LogP contribution in [0.4, 0.5) is 10.1 Å². The maximum atomic E-state index is 12.9. The van der Waals surface area contributed by atoms with Crippen LogP contribution in [0.1, 0.15) is 36.2 Å². The normalized spacial score (nSPS) is 10.3. The number of ketones is 1. The quantitative estimate of drug-likeness (QED) is 0.724. The van der Waals surface area contributed by atoms with Crippen molar-refractivity contribution in [3.8, 4) is 0 Å². The number of nitrogens with one attached hydrogen (secondary N) is 1. The molecule has 0 unspecified atom stereocenters. The van der Waals surface area contributed by atoms with Crippen molar-refractivity contribution in [1.82, 2.24) is 4.90 Å². The van der Waals surface area contributed by atoms with E-state index in [2.05, 4.69) is 5.32 Å². The standard InChI is InChI=1S/C21H23FN2O3/c1-15(25)18-4-3-5-20(14-18)23-21(27)11-13-24(16(2)26)12-10-17-6-8-19(22)9-7-17/h3-9,14H,10-13H2,1-2H3,(H,23,27). The van der Waals surface area contributed by atoms with Gasteiger partial charge in [-0.1, -0.05) is 24.3 Å². The molecule has 0 aliphatic carbocycles. The van der Waals surface area contributed by atoms with Gasteiger partial charge in [0.15, 0.2) is 5.78 Å². The van der Waals surface area contributed by atoms with Gasteiger partial charge < -0.3 is 10.2 Å². The van der Waals surface area contributed by atoms with Gasteiger partial charge in [-0.05, 0) is 43.2 Å². The zero-order valence-corrected chi connectivity index (χ0v) is 15.5. The molecular formula is C21H23FN2O3. The molecule has 0 bridgehead atoms. The van der Waals surface area contributed by atoms with Crippen LogP contribution in [0.2, 0.25) is 0 Å². The summed E-state index contributed by atoms with van der Waals surface area (Å²) in [5, 5.41) is 2.74. The average molecular weight is 370 g/mol. The molecule has 0 aromatic heterocycles. The molecule has 2 rings (SSSR count). The number of hydrogen-bond acceptors (Lipinski definition) is 3. The summed E-state index contributed by atoms with van der Waals surface area (Å²) in [7, 11) is 0. The van der Waals surface area contributed by atoms with Gasteiger partial charge in [-0.2, -0.15) is 0 Å². The first-order valence-corrected chi connectivity index (χ1v) is 8.76. The van der Waals surface area contributed by atoms with Crippen LogP contribution in [-0.4, -0.2) is 35.6 Å². The summed E-state index contributed by atoms with van der Waals surface area (Å²) in [5.74, 6) is -0.727. The molecule has 27 heavy (non-hydrogen) atoms. The first-order valence-electron chi connectivity index (χ1n) is 8.76. The Morgan fingerprint density at radius 2 is 1.70 bits per heavy atom. The van der Waals surface area contributed by atoms with E-state index < -0.39 is 0 Å². The largest absolute Gasteiger partial charge is 0.342 e. The molecule has 0 atom stereocenters. The second kappa shape index (κ2) is 9.62. The van der Waals surface area contributed by atoms with Crippen molar-refractivity contribution in [3.63, 3.8) is 0 Å². The number of carbonyl (C=O) groups is 3. The van der Waals surface area contributed by atoms with Crippen LogP contribution in [-0.2, 0) is 16.0 Å². The average Bonchev–Trinajstić information content (AvgIpc) is 2.63. The van der Waals surface area contributed by atoms with E-state index in [1.54, 1.807) is 41.3 Å². The van der Waals surface area contributed by atoms with Crippen LogP contribution in [0.3, 0.4) is 0 Å². The Morgan fingerprint density at radius 1 is 1.00 bits per heavy atom. The minimum Gasteiger partial charge on any atom is -0.342 e. The molecule has 0 saturated heterocycles. The maximum Gasteiger partial charge on any atom is 0.226 e. The number of halogens is 1. The topological polar surface area (TPSA) is 66.5 Å². The van der Waals surface area contributed by atoms with Crippen molar-refractivity contribution in [3.05, 3.63) is 65.5 Å². The number of amides is 2. The predicted molar refractivity (Wildman–Crippen MR) is 102 cm³/mol. The molecular weight excluding hydrogens is 347 g/mol. The Hall–Kier alpha value is -3.02. The summed E-state index contributed by atoms with van der Waals surface area (Å²) in [6, 6.07) is 12.9. The summed E-state index contributed by atoms with van der Waals surface area (Å²) >= 11 is 0. The lowest BCUT2D eigenvalue weighted by Crippen LogP contribution is -2.33. The fourth-order valence-electron chi connectivity index (χ4n) is 2.62. The van der Waals surface area contributed by atoms with E-state index in [9.17, 15) is 18.8 Å². The monoisotopic (exact) mass is 370 g/mol. The molecule has 0 radical (unpaired) electrons. The van der Waals surface area contributed by atoms with Crippen LogP contribution >= 0.6 is 0 Å². The van der Waals surface area contributed by atoms with Crippen molar-refractivity contribution in [1.29, 1.82) is 0 Å². The number of anilines is 1. The number of nitrogens with zero attached hydrogens (tertiary/aromatic N) is 1. The molecule has 0 aliphatic rings. The molecule has 2 aromatic rings. The first kappa shape index (κ1) is 20.3. The van der Waals surface area contributed by atoms with Gasteiger partial charge >= 0.3 is 0 Å². The third kappa shape index (κ3) is 6.66. The Balaban J connectivity index is 1.86. The second-order valence-electron chi connectivity index (χ2n) is 6.32. The highest BCUT2D eigenvalue weighted by Gasteiger charge is 2.12. The van der Waals surface area contributed by atoms with E-state index in [0.29, 0.717) is 24.2 Å². The summed E-state index contributed by atoms with van der Waals surface area (Å²) in [4.78, 5) is 37.0. The molecule has 0 aliphatic heterocycles. The van der Waals surface area contributed by atoms with Crippen molar-refractivity contribution >= 4 is 23.3 Å². The number of hydrogen-bond donors (Lipinski definition) is 1. The van der Waals surface area contributed by atoms with E-state index >= 15 is 0 Å². The van der Waals surface area contributed by atoms with Crippen molar-refractivity contribution in [2.75, 3.05) is 18.4 Å². The summed E-state index contributed by atoms with van der Waals surface area (Å²) in [6.45, 7) is 3.66. The molecule has 2 aromatic carbocycles. The number of benzene rings is 2. The van der Waals surface area contributed by atoms with Crippen molar-refractivity contribution < 1.29 is 18.8 Å². The van der Waals surface area contributed by atoms with Crippen molar-refractivity contribution in [2.45, 2.75) is 26.7 Å². The Morgan fingerprint density at radius 3 is 2.33 bits per heavy atom. The van der Waals surface area contributed by atoms with E-state index in [0.717, 1.165) is 5.56 Å². The highest BCUT2D eigenvalue weighted by atomic mass is 19.1. The number of carbonyl (C=O) groups excluding carboxylic acids is 3. The maximum absolute atomic E-state index is 12.9. The summed E-state index contributed by atoms with van der Waals surface area (Å²) in [5.41, 5.74) is 2.00. The third-order valence-electron chi connectivity index (χ3n) is 4.19. The number of rotatable bonds is 8. The molecule has 0 heterocycles. The predicted octanol–water partition coefficient (Wildman–Crippen LogP) is 3.45. The zero-order chi connectivity index (χ0) is 19.8. The zero-order valence-electron chi connectivity index (χ0n) is 15.5. The lowest BCUT2D eigenvalue weighted by molar-refractivity contribution is -0.129. The smallest absolute Gasteiger partial charge is 0.226 e. The molecule has 142 valence electrons. The van der Waals surface area contributed by atoms with Gasteiger partial charge in [-0.3, -0.25) is 14.4 Å². The van der Waals surface area contributed by atoms with Gasteiger partial charge in [0.25, 0.3) is 0 Å². The van der Waals surface area contributed by atoms with E-state index in [-0.39, 0.29) is 36.4 Å². The molecule has 1 N–H and O–H groups in total. The van der Waals surface area contributed by atoms with E-state index in [4.69, 9.17) is 0 Å². The molecule has 6 heteroatoms. The molecule has 2 amide bonds. The summed E-state index contributed by atoms with van der Waals surface area (Å²) in [6.07, 6.45) is 0.732. The minimum atomic E-state index is -0.298. The Kier molecular flexibility index (Phi) is 7.23.